The number of nitriles is 1. The van der Waals surface area contributed by atoms with E-state index in [0.29, 0.717) is 12.2 Å². The van der Waals surface area contributed by atoms with Crippen LogP contribution in [0, 0.1) is 23.7 Å². The van der Waals surface area contributed by atoms with Crippen LogP contribution in [0.5, 0.6) is 5.75 Å². The molecule has 0 aliphatic carbocycles. The van der Waals surface area contributed by atoms with E-state index in [1.165, 1.54) is 0 Å². The smallest absolute Gasteiger partial charge is 0.123 e. The minimum Gasteiger partial charge on any atom is -0.493 e. The second-order valence-electron chi connectivity index (χ2n) is 5.25. The third-order valence-electron chi connectivity index (χ3n) is 2.43. The molecule has 0 aliphatic rings. The van der Waals surface area contributed by atoms with E-state index in [4.69, 9.17) is 10.00 Å². The van der Waals surface area contributed by atoms with Crippen LogP contribution in [-0.4, -0.2) is 6.61 Å². The van der Waals surface area contributed by atoms with Gasteiger partial charge in [0.25, 0.3) is 0 Å². The molecule has 2 nitrogen and oxygen atoms in total. The minimum atomic E-state index is 0.279. The molecule has 0 amide bonds. The summed E-state index contributed by atoms with van der Waals surface area (Å²) in [5.74, 6) is 0.822. The van der Waals surface area contributed by atoms with Crippen LogP contribution in [0.4, 0.5) is 0 Å². The Morgan fingerprint density at radius 2 is 2.00 bits per heavy atom. The predicted octanol–water partition coefficient (Wildman–Crippen LogP) is 3.68. The van der Waals surface area contributed by atoms with Gasteiger partial charge in [-0.3, -0.25) is 0 Å². The fraction of sp³-hybridized carbons (Fsp3) is 0.500. The number of benzene rings is 1. The first-order valence-corrected chi connectivity index (χ1v) is 5.56. The molecule has 0 saturated carbocycles. The van der Waals surface area contributed by atoms with Crippen molar-refractivity contribution in [3.63, 3.8) is 0 Å². The van der Waals surface area contributed by atoms with Gasteiger partial charge in [0.2, 0.25) is 0 Å². The van der Waals surface area contributed by atoms with E-state index in [-0.39, 0.29) is 5.41 Å². The molecule has 0 aromatic heterocycles. The summed E-state index contributed by atoms with van der Waals surface area (Å²) < 4.78 is 5.70. The lowest BCUT2D eigenvalue weighted by Crippen LogP contribution is -2.11. The lowest BCUT2D eigenvalue weighted by atomic mass is 9.93. The van der Waals surface area contributed by atoms with Gasteiger partial charge in [-0.2, -0.15) is 5.26 Å². The quantitative estimate of drug-likeness (QED) is 0.773. The van der Waals surface area contributed by atoms with E-state index in [0.717, 1.165) is 17.7 Å². The zero-order valence-electron chi connectivity index (χ0n) is 10.5. The Hall–Kier alpha value is -1.49. The van der Waals surface area contributed by atoms with Gasteiger partial charge >= 0.3 is 0 Å². The summed E-state index contributed by atoms with van der Waals surface area (Å²) >= 11 is 0. The van der Waals surface area contributed by atoms with Gasteiger partial charge in [0, 0.05) is 0 Å². The van der Waals surface area contributed by atoms with Crippen LogP contribution in [0.15, 0.2) is 18.2 Å². The van der Waals surface area contributed by atoms with E-state index in [9.17, 15) is 0 Å². The number of aryl methyl sites for hydroxylation is 1. The average Bonchev–Trinajstić information content (AvgIpc) is 2.19. The summed E-state index contributed by atoms with van der Waals surface area (Å²) in [7, 11) is 0. The third kappa shape index (κ3) is 3.94. The maximum Gasteiger partial charge on any atom is 0.123 e. The van der Waals surface area contributed by atoms with Gasteiger partial charge in [-0.15, -0.1) is 0 Å². The molecule has 0 atom stereocenters. The predicted molar refractivity (Wildman–Crippen MR) is 65.5 cm³/mol. The van der Waals surface area contributed by atoms with Crippen LogP contribution in [-0.2, 0) is 0 Å². The second-order valence-corrected chi connectivity index (χ2v) is 5.25. The van der Waals surface area contributed by atoms with E-state index in [1.807, 2.05) is 19.1 Å². The zero-order chi connectivity index (χ0) is 12.2. The van der Waals surface area contributed by atoms with Gasteiger partial charge in [-0.1, -0.05) is 26.8 Å². The molecule has 0 fully saturated rings. The van der Waals surface area contributed by atoms with E-state index in [2.05, 4.69) is 26.8 Å². The summed E-state index contributed by atoms with van der Waals surface area (Å²) in [5.41, 5.74) is 2.00. The zero-order valence-corrected chi connectivity index (χ0v) is 10.5. The third-order valence-corrected chi connectivity index (χ3v) is 2.43. The highest BCUT2D eigenvalue weighted by atomic mass is 16.5. The molecule has 1 aromatic rings. The van der Waals surface area contributed by atoms with Gasteiger partial charge in [0.15, 0.2) is 0 Å². The van der Waals surface area contributed by atoms with Crippen molar-refractivity contribution in [2.24, 2.45) is 5.41 Å². The molecule has 1 aromatic carbocycles. The minimum absolute atomic E-state index is 0.279. The van der Waals surface area contributed by atoms with Gasteiger partial charge in [-0.25, -0.2) is 0 Å². The second kappa shape index (κ2) is 5.03. The molecule has 2 heteroatoms. The van der Waals surface area contributed by atoms with Crippen molar-refractivity contribution in [3.05, 3.63) is 29.3 Å². The summed E-state index contributed by atoms with van der Waals surface area (Å²) in [6.45, 7) is 9.26. The Balaban J connectivity index is 2.64. The molecular weight excluding hydrogens is 198 g/mol. The number of hydrogen-bond donors (Lipinski definition) is 0. The van der Waals surface area contributed by atoms with Crippen molar-refractivity contribution in [2.45, 2.75) is 34.1 Å². The van der Waals surface area contributed by atoms with Crippen molar-refractivity contribution in [3.8, 4) is 11.8 Å². The van der Waals surface area contributed by atoms with E-state index >= 15 is 0 Å². The molecule has 1 rings (SSSR count). The maximum absolute atomic E-state index is 8.80. The fourth-order valence-electron chi connectivity index (χ4n) is 1.29. The molecule has 0 bridgehead atoms. The van der Waals surface area contributed by atoms with Crippen molar-refractivity contribution in [1.29, 1.82) is 5.26 Å². The Morgan fingerprint density at radius 1 is 1.31 bits per heavy atom. The highest BCUT2D eigenvalue weighted by Crippen LogP contribution is 2.22. The Kier molecular flexibility index (Phi) is 3.95. The first-order chi connectivity index (χ1) is 7.42. The average molecular weight is 217 g/mol. The molecule has 86 valence electrons. The first kappa shape index (κ1) is 12.6. The van der Waals surface area contributed by atoms with Crippen molar-refractivity contribution < 1.29 is 4.74 Å². The Morgan fingerprint density at radius 3 is 2.56 bits per heavy atom. The Bertz CT molecular complexity index is 396. The SMILES string of the molecule is Cc1ccc(C#N)cc1OCCC(C)(C)C. The summed E-state index contributed by atoms with van der Waals surface area (Å²) in [5, 5.41) is 8.80. The largest absolute Gasteiger partial charge is 0.493 e. The van der Waals surface area contributed by atoms with E-state index in [1.54, 1.807) is 6.07 Å². The molecule has 0 heterocycles. The van der Waals surface area contributed by atoms with Gasteiger partial charge in [-0.05, 0) is 36.5 Å². The number of nitrogens with zero attached hydrogens (tertiary/aromatic N) is 1. The number of hydrogen-bond acceptors (Lipinski definition) is 2. The molecule has 0 unspecified atom stereocenters. The van der Waals surface area contributed by atoms with Crippen molar-refractivity contribution in [1.82, 2.24) is 0 Å². The van der Waals surface area contributed by atoms with Crippen molar-refractivity contribution >= 4 is 0 Å². The number of ether oxygens (including phenoxy) is 1. The monoisotopic (exact) mass is 217 g/mol. The fourth-order valence-corrected chi connectivity index (χ4v) is 1.29. The highest BCUT2D eigenvalue weighted by Gasteiger charge is 2.10. The van der Waals surface area contributed by atoms with Gasteiger partial charge in [0.05, 0.1) is 18.2 Å². The standard InChI is InChI=1S/C14H19NO/c1-11-5-6-12(10-15)9-13(11)16-8-7-14(2,3)4/h5-6,9H,7-8H2,1-4H3. The van der Waals surface area contributed by atoms with Crippen molar-refractivity contribution in [2.75, 3.05) is 6.61 Å². The summed E-state index contributed by atoms with van der Waals surface area (Å²) in [6, 6.07) is 7.66. The van der Waals surface area contributed by atoms with Crippen LogP contribution < -0.4 is 4.74 Å². The normalized spacial score (nSPS) is 10.9. The lowest BCUT2D eigenvalue weighted by molar-refractivity contribution is 0.242. The van der Waals surface area contributed by atoms with Gasteiger partial charge in [0.1, 0.15) is 5.75 Å². The lowest BCUT2D eigenvalue weighted by Gasteiger charge is -2.18. The molecule has 16 heavy (non-hydrogen) atoms. The molecule has 0 spiro atoms. The van der Waals surface area contributed by atoms with Crippen LogP contribution in [0.2, 0.25) is 0 Å². The Labute approximate surface area is 97.9 Å². The van der Waals surface area contributed by atoms with Gasteiger partial charge < -0.3 is 4.74 Å². The van der Waals surface area contributed by atoms with Crippen LogP contribution >= 0.6 is 0 Å². The van der Waals surface area contributed by atoms with Crippen LogP contribution in [0.1, 0.15) is 38.3 Å². The topological polar surface area (TPSA) is 33.0 Å². The van der Waals surface area contributed by atoms with E-state index < -0.39 is 0 Å². The van der Waals surface area contributed by atoms with Crippen LogP contribution in [0.25, 0.3) is 0 Å². The number of rotatable bonds is 3. The summed E-state index contributed by atoms with van der Waals surface area (Å²) in [4.78, 5) is 0. The molecular formula is C14H19NO. The molecule has 0 radical (unpaired) electrons. The molecule has 0 N–H and O–H groups in total. The van der Waals surface area contributed by atoms with Crippen LogP contribution in [0.3, 0.4) is 0 Å². The maximum atomic E-state index is 8.80. The highest BCUT2D eigenvalue weighted by molar-refractivity contribution is 5.41. The molecule has 0 aliphatic heterocycles. The summed E-state index contributed by atoms with van der Waals surface area (Å²) in [6.07, 6.45) is 1.00. The first-order valence-electron chi connectivity index (χ1n) is 5.56. The molecule has 0 saturated heterocycles.